The van der Waals surface area contributed by atoms with Crippen molar-refractivity contribution in [3.63, 3.8) is 0 Å². The molecule has 0 spiro atoms. The van der Waals surface area contributed by atoms with Crippen LogP contribution in [0.1, 0.15) is 86.8 Å². The number of nitrogens with zero attached hydrogens (tertiary/aromatic N) is 2. The summed E-state index contributed by atoms with van der Waals surface area (Å²) >= 11 is 0. The zero-order chi connectivity index (χ0) is 28.8. The Labute approximate surface area is 242 Å². The van der Waals surface area contributed by atoms with Gasteiger partial charge in [0.1, 0.15) is 11.5 Å². The van der Waals surface area contributed by atoms with Gasteiger partial charge in [-0.1, -0.05) is 26.0 Å². The number of hydrogen-bond donors (Lipinski definition) is 2. The number of phenolic OH excluding ortho intramolecular Hbond substituents is 2. The molecule has 9 heteroatoms. The molecule has 2 aromatic carbocycles. The predicted octanol–water partition coefficient (Wildman–Crippen LogP) is 3.20. The maximum absolute atomic E-state index is 10.5. The van der Waals surface area contributed by atoms with E-state index in [0.29, 0.717) is 11.5 Å². The Hall–Kier alpha value is -3.17. The van der Waals surface area contributed by atoms with Gasteiger partial charge in [0.2, 0.25) is 0 Å². The number of phenols is 2. The molecule has 2 aromatic rings. The van der Waals surface area contributed by atoms with E-state index in [1.165, 1.54) is 0 Å². The maximum atomic E-state index is 10.5. The van der Waals surface area contributed by atoms with E-state index in [-0.39, 0.29) is 28.9 Å². The van der Waals surface area contributed by atoms with Crippen molar-refractivity contribution >= 4 is 24.4 Å². The van der Waals surface area contributed by atoms with Crippen LogP contribution in [0.2, 0.25) is 0 Å². The molecule has 0 heterocycles. The van der Waals surface area contributed by atoms with Crippen LogP contribution in [0.5, 0.6) is 11.5 Å². The molecule has 0 bridgehead atoms. The molecule has 0 aromatic heterocycles. The molecule has 1 saturated carbocycles. The smallest absolute Gasteiger partial charge is 0.550 e. The van der Waals surface area contributed by atoms with Crippen LogP contribution in [0.3, 0.4) is 0 Å². The summed E-state index contributed by atoms with van der Waals surface area (Å²) in [6.07, 6.45) is 9.35. The fourth-order valence-electron chi connectivity index (χ4n) is 4.28. The Morgan fingerprint density at radius 3 is 1.46 bits per heavy atom. The molecular formula is C30H40CoN2O6. The minimum Gasteiger partial charge on any atom is -0.550 e. The van der Waals surface area contributed by atoms with Gasteiger partial charge in [-0.3, -0.25) is 9.98 Å². The van der Waals surface area contributed by atoms with Crippen molar-refractivity contribution in [2.24, 2.45) is 9.98 Å². The molecule has 2 N–H and O–H groups in total. The van der Waals surface area contributed by atoms with Gasteiger partial charge in [0.15, 0.2) is 0 Å². The van der Waals surface area contributed by atoms with E-state index in [9.17, 15) is 10.2 Å². The average Bonchev–Trinajstić information content (AvgIpc) is 2.84. The number of carboxylic acids is 2. The first-order valence-electron chi connectivity index (χ1n) is 12.9. The summed E-state index contributed by atoms with van der Waals surface area (Å²) in [5.41, 5.74) is 5.81. The molecule has 3 rings (SSSR count). The van der Waals surface area contributed by atoms with Crippen molar-refractivity contribution in [1.82, 2.24) is 0 Å². The molecule has 0 aliphatic heterocycles. The van der Waals surface area contributed by atoms with E-state index in [2.05, 4.69) is 13.8 Å². The Morgan fingerprint density at radius 2 is 1.15 bits per heavy atom. The van der Waals surface area contributed by atoms with Crippen molar-refractivity contribution < 1.29 is 46.8 Å². The molecule has 0 saturated heterocycles. The molecule has 39 heavy (non-hydrogen) atoms. The minimum atomic E-state index is -1.08. The third-order valence-corrected chi connectivity index (χ3v) is 5.95. The van der Waals surface area contributed by atoms with Gasteiger partial charge >= 0.3 is 16.8 Å². The van der Waals surface area contributed by atoms with Crippen LogP contribution in [0.25, 0.3) is 0 Å². The summed E-state index contributed by atoms with van der Waals surface area (Å²) in [4.78, 5) is 27.4. The Morgan fingerprint density at radius 1 is 0.821 bits per heavy atom. The van der Waals surface area contributed by atoms with Crippen molar-refractivity contribution in [2.45, 2.75) is 92.2 Å². The predicted molar refractivity (Wildman–Crippen MR) is 147 cm³/mol. The van der Waals surface area contributed by atoms with E-state index >= 15 is 0 Å². The summed E-state index contributed by atoms with van der Waals surface area (Å²) < 4.78 is 0. The molecular weight excluding hydrogens is 543 g/mol. The number of carboxylic acid groups (broad SMARTS) is 2. The standard InChI is InChI=1S/C26H34N2O2.2C2H4O2.Co/c1-5-19-10-17(3)12-21(25(19)29)15-27-23-8-7-9-24(14-23)28-16-22-13-18(4)11-20(6-2)26(22)30;2*1-2(3)4;/h10-13,15-16,23-24,29-30H,5-9,14H2,1-4H3;2*1H3,(H,3,4);/q;;;+2/p-2. The van der Waals surface area contributed by atoms with Crippen molar-refractivity contribution in [2.75, 3.05) is 0 Å². The van der Waals surface area contributed by atoms with Crippen molar-refractivity contribution in [3.8, 4) is 11.5 Å². The monoisotopic (exact) mass is 583 g/mol. The van der Waals surface area contributed by atoms with E-state index in [0.717, 1.165) is 85.8 Å². The first-order valence-corrected chi connectivity index (χ1v) is 12.9. The zero-order valence-corrected chi connectivity index (χ0v) is 24.7. The SMILES string of the molecule is CC(=O)[O-].CC(=O)[O-].CCc1cc(C)cc(C=NC2CCCC(N=Cc3cc(C)cc(CC)c3O)C2)c1O.[Co+2]. The number of rotatable bonds is 6. The number of carbonyl (C=O) groups is 2. The third-order valence-electron chi connectivity index (χ3n) is 5.95. The third kappa shape index (κ3) is 13.4. The Kier molecular flexibility index (Phi) is 16.7. The molecule has 1 aliphatic rings. The number of benzene rings is 2. The van der Waals surface area contributed by atoms with Crippen LogP contribution in [0.4, 0.5) is 0 Å². The van der Waals surface area contributed by atoms with Gasteiger partial charge in [-0.05, 0) is 101 Å². The van der Waals surface area contributed by atoms with Gasteiger partial charge in [-0.2, -0.15) is 0 Å². The normalized spacial score (nSPS) is 16.5. The summed E-state index contributed by atoms with van der Waals surface area (Å²) in [5, 5.41) is 38.7. The van der Waals surface area contributed by atoms with Gasteiger partial charge in [-0.25, -0.2) is 0 Å². The second-order valence-electron chi connectivity index (χ2n) is 9.44. The van der Waals surface area contributed by atoms with Crippen molar-refractivity contribution in [3.05, 3.63) is 57.6 Å². The first kappa shape index (κ1) is 35.8. The summed E-state index contributed by atoms with van der Waals surface area (Å²) in [6.45, 7) is 10.1. The number of aryl methyl sites for hydroxylation is 4. The number of aliphatic carboxylic acids is 2. The van der Waals surface area contributed by atoms with Crippen LogP contribution in [-0.2, 0) is 39.2 Å². The molecule has 1 aliphatic carbocycles. The van der Waals surface area contributed by atoms with Crippen LogP contribution in [0, 0.1) is 13.8 Å². The maximum Gasteiger partial charge on any atom is 2.00 e. The molecule has 1 radical (unpaired) electrons. The number of aromatic hydroxyl groups is 2. The van der Waals surface area contributed by atoms with Gasteiger partial charge in [0.25, 0.3) is 0 Å². The second-order valence-corrected chi connectivity index (χ2v) is 9.44. The Balaban J connectivity index is 0.00000142. The van der Waals surface area contributed by atoms with Gasteiger partial charge in [0.05, 0.1) is 12.1 Å². The van der Waals surface area contributed by atoms with Crippen LogP contribution >= 0.6 is 0 Å². The topological polar surface area (TPSA) is 145 Å². The average molecular weight is 584 g/mol. The summed E-state index contributed by atoms with van der Waals surface area (Å²) in [5.74, 6) is -1.47. The summed E-state index contributed by atoms with van der Waals surface area (Å²) in [7, 11) is 0. The van der Waals surface area contributed by atoms with Crippen molar-refractivity contribution in [1.29, 1.82) is 0 Å². The zero-order valence-electron chi connectivity index (χ0n) is 23.6. The number of hydrogen-bond acceptors (Lipinski definition) is 8. The van der Waals surface area contributed by atoms with E-state index in [1.54, 1.807) is 0 Å². The summed E-state index contributed by atoms with van der Waals surface area (Å²) in [6, 6.07) is 8.46. The quantitative estimate of drug-likeness (QED) is 0.500. The van der Waals surface area contributed by atoms with Crippen LogP contribution in [0.15, 0.2) is 34.3 Å². The van der Waals surface area contributed by atoms with E-state index in [1.807, 2.05) is 50.5 Å². The number of carbonyl (C=O) groups excluding carboxylic acids is 2. The molecule has 215 valence electrons. The first-order chi connectivity index (χ1) is 17.9. The molecule has 8 nitrogen and oxygen atoms in total. The second kappa shape index (κ2) is 18.2. The number of aliphatic imine (C=N–C) groups is 2. The van der Waals surface area contributed by atoms with Crippen LogP contribution in [-0.4, -0.2) is 46.7 Å². The molecule has 1 fully saturated rings. The van der Waals surface area contributed by atoms with Gasteiger partial charge in [0, 0.05) is 35.5 Å². The molecule has 2 atom stereocenters. The Bertz CT molecular complexity index is 1050. The minimum absolute atomic E-state index is 0. The molecule has 0 amide bonds. The van der Waals surface area contributed by atoms with E-state index < -0.39 is 11.9 Å². The van der Waals surface area contributed by atoms with E-state index in [4.69, 9.17) is 29.8 Å². The largest absolute Gasteiger partial charge is 2.00 e. The van der Waals surface area contributed by atoms with Gasteiger partial charge in [-0.15, -0.1) is 0 Å². The fraction of sp³-hybridized carbons (Fsp3) is 0.467. The van der Waals surface area contributed by atoms with Gasteiger partial charge < -0.3 is 30.0 Å². The fourth-order valence-corrected chi connectivity index (χ4v) is 4.28. The van der Waals surface area contributed by atoms with Crippen LogP contribution < -0.4 is 10.2 Å². The molecule has 2 unspecified atom stereocenters.